The van der Waals surface area contributed by atoms with Crippen LogP contribution in [0.15, 0.2) is 35.4 Å². The fraction of sp³-hybridized carbons (Fsp3) is 0.353. The van der Waals surface area contributed by atoms with E-state index in [-0.39, 0.29) is 11.7 Å². The van der Waals surface area contributed by atoms with Crippen molar-refractivity contribution < 1.29 is 14.3 Å². The highest BCUT2D eigenvalue weighted by molar-refractivity contribution is 7.99. The smallest absolute Gasteiger partial charge is 0.234 e. The summed E-state index contributed by atoms with van der Waals surface area (Å²) >= 11 is 7.38. The molecule has 1 N–H and O–H groups in total. The molecule has 138 valence electrons. The molecule has 2 aromatic rings. The lowest BCUT2D eigenvalue weighted by Crippen LogP contribution is -2.36. The third-order valence-electron chi connectivity index (χ3n) is 3.75. The monoisotopic (exact) mass is 394 g/mol. The molecule has 0 atom stereocenters. The number of thioether (sulfide) groups is 1. The Labute approximate surface area is 161 Å². The van der Waals surface area contributed by atoms with E-state index in [1.54, 1.807) is 25.3 Å². The van der Waals surface area contributed by atoms with Crippen LogP contribution in [0, 0.1) is 0 Å². The number of morpholine rings is 1. The molecule has 1 aliphatic heterocycles. The van der Waals surface area contributed by atoms with Gasteiger partial charge >= 0.3 is 0 Å². The highest BCUT2D eigenvalue weighted by Gasteiger charge is 2.13. The fourth-order valence-corrected chi connectivity index (χ4v) is 3.30. The van der Waals surface area contributed by atoms with Gasteiger partial charge in [0.1, 0.15) is 10.8 Å². The molecule has 0 radical (unpaired) electrons. The van der Waals surface area contributed by atoms with Crippen molar-refractivity contribution in [2.24, 2.45) is 0 Å². The van der Waals surface area contributed by atoms with E-state index in [0.717, 1.165) is 18.9 Å². The molecule has 3 rings (SSSR count). The van der Waals surface area contributed by atoms with Crippen molar-refractivity contribution in [3.8, 4) is 5.75 Å². The average Bonchev–Trinajstić information content (AvgIpc) is 2.68. The van der Waals surface area contributed by atoms with Gasteiger partial charge in [-0.05, 0) is 30.3 Å². The molecule has 7 nitrogen and oxygen atoms in total. The highest BCUT2D eigenvalue weighted by atomic mass is 35.5. The van der Waals surface area contributed by atoms with Gasteiger partial charge in [-0.2, -0.15) is 0 Å². The third-order valence-corrected chi connectivity index (χ3v) is 4.96. The Morgan fingerprint density at radius 3 is 2.77 bits per heavy atom. The lowest BCUT2D eigenvalue weighted by molar-refractivity contribution is -0.113. The summed E-state index contributed by atoms with van der Waals surface area (Å²) in [6.45, 7) is 3.03. The number of methoxy groups -OCH3 is 1. The average molecular weight is 395 g/mol. The predicted molar refractivity (Wildman–Crippen MR) is 102 cm³/mol. The predicted octanol–water partition coefficient (Wildman–Crippen LogP) is 2.71. The van der Waals surface area contributed by atoms with Gasteiger partial charge in [0, 0.05) is 18.8 Å². The number of hydrogen-bond donors (Lipinski definition) is 1. The Bertz CT molecular complexity index is 754. The summed E-state index contributed by atoms with van der Waals surface area (Å²) in [5.74, 6) is 1.48. The van der Waals surface area contributed by atoms with Gasteiger partial charge in [0.05, 0.1) is 31.1 Å². The molecule has 0 bridgehead atoms. The molecule has 9 heteroatoms. The molecule has 1 aromatic heterocycles. The minimum Gasteiger partial charge on any atom is -0.495 e. The Morgan fingerprint density at radius 1 is 1.31 bits per heavy atom. The molecule has 1 fully saturated rings. The first kappa shape index (κ1) is 18.8. The second kappa shape index (κ2) is 9.07. The van der Waals surface area contributed by atoms with Gasteiger partial charge in [0.25, 0.3) is 0 Å². The number of rotatable bonds is 6. The van der Waals surface area contributed by atoms with Crippen LogP contribution in [0.1, 0.15) is 0 Å². The quantitative estimate of drug-likeness (QED) is 0.755. The number of halogens is 1. The number of nitrogens with one attached hydrogen (secondary N) is 1. The lowest BCUT2D eigenvalue weighted by Gasteiger charge is -2.27. The van der Waals surface area contributed by atoms with Crippen LogP contribution in [0.25, 0.3) is 0 Å². The van der Waals surface area contributed by atoms with Gasteiger partial charge in [-0.25, -0.2) is 0 Å². The maximum atomic E-state index is 12.1. The zero-order chi connectivity index (χ0) is 18.4. The number of anilines is 2. The van der Waals surface area contributed by atoms with E-state index in [1.807, 2.05) is 12.1 Å². The maximum Gasteiger partial charge on any atom is 0.234 e. The van der Waals surface area contributed by atoms with Crippen LogP contribution in [0.4, 0.5) is 11.5 Å². The van der Waals surface area contributed by atoms with E-state index in [4.69, 9.17) is 21.1 Å². The molecule has 1 amide bonds. The highest BCUT2D eigenvalue weighted by Crippen LogP contribution is 2.27. The summed E-state index contributed by atoms with van der Waals surface area (Å²) in [5, 5.41) is 12.4. The number of hydrogen-bond acceptors (Lipinski definition) is 7. The normalized spacial score (nSPS) is 14.2. The van der Waals surface area contributed by atoms with Gasteiger partial charge in [-0.15, -0.1) is 10.2 Å². The third kappa shape index (κ3) is 5.00. The molecular formula is C17H19ClN4O3S. The van der Waals surface area contributed by atoms with Crippen LogP contribution in [0.2, 0.25) is 5.02 Å². The van der Waals surface area contributed by atoms with Crippen molar-refractivity contribution in [3.05, 3.63) is 35.4 Å². The largest absolute Gasteiger partial charge is 0.495 e. The van der Waals surface area contributed by atoms with Gasteiger partial charge in [-0.3, -0.25) is 4.79 Å². The first-order chi connectivity index (χ1) is 12.7. The van der Waals surface area contributed by atoms with Crippen LogP contribution in [-0.4, -0.2) is 55.3 Å². The molecule has 0 aliphatic carbocycles. The van der Waals surface area contributed by atoms with Gasteiger partial charge in [0.15, 0.2) is 5.82 Å². The number of amides is 1. The zero-order valence-electron chi connectivity index (χ0n) is 14.3. The standard InChI is InChI=1S/C17H19ClN4O3S/c1-24-14-3-2-12(10-13(14)18)19-16(23)11-26-17-5-4-15(20-21-17)22-6-8-25-9-7-22/h2-5,10H,6-9,11H2,1H3,(H,19,23). The summed E-state index contributed by atoms with van der Waals surface area (Å²) in [6, 6.07) is 8.90. The number of aromatic nitrogens is 2. The van der Waals surface area contributed by atoms with E-state index in [1.165, 1.54) is 11.8 Å². The van der Waals surface area contributed by atoms with E-state index in [9.17, 15) is 4.79 Å². The number of nitrogens with zero attached hydrogens (tertiary/aromatic N) is 3. The maximum absolute atomic E-state index is 12.1. The first-order valence-corrected chi connectivity index (χ1v) is 9.44. The number of benzene rings is 1. The molecule has 0 saturated carbocycles. The van der Waals surface area contributed by atoms with E-state index in [0.29, 0.717) is 34.7 Å². The topological polar surface area (TPSA) is 76.6 Å². The van der Waals surface area contributed by atoms with Gasteiger partial charge in [0.2, 0.25) is 5.91 Å². The summed E-state index contributed by atoms with van der Waals surface area (Å²) in [4.78, 5) is 14.2. The Morgan fingerprint density at radius 2 is 2.12 bits per heavy atom. The van der Waals surface area contributed by atoms with Crippen molar-refractivity contribution in [1.82, 2.24) is 10.2 Å². The SMILES string of the molecule is COc1ccc(NC(=O)CSc2ccc(N3CCOCC3)nn2)cc1Cl. The van der Waals surface area contributed by atoms with Gasteiger partial charge < -0.3 is 19.7 Å². The molecular weight excluding hydrogens is 376 g/mol. The molecule has 1 aliphatic rings. The van der Waals surface area contributed by atoms with E-state index >= 15 is 0 Å². The number of carbonyl (C=O) groups is 1. The second-order valence-corrected chi connectivity index (χ2v) is 6.92. The molecule has 0 unspecified atom stereocenters. The van der Waals surface area contributed by atoms with Crippen LogP contribution in [0.3, 0.4) is 0 Å². The molecule has 2 heterocycles. The molecule has 0 spiro atoms. The summed E-state index contributed by atoms with van der Waals surface area (Å²) < 4.78 is 10.4. The first-order valence-electron chi connectivity index (χ1n) is 8.08. The summed E-state index contributed by atoms with van der Waals surface area (Å²) in [7, 11) is 1.54. The summed E-state index contributed by atoms with van der Waals surface area (Å²) in [6.07, 6.45) is 0. The van der Waals surface area contributed by atoms with E-state index in [2.05, 4.69) is 20.4 Å². The fourth-order valence-electron chi connectivity index (χ4n) is 2.43. The Balaban J connectivity index is 1.50. The molecule has 1 saturated heterocycles. The van der Waals surface area contributed by atoms with Crippen LogP contribution in [-0.2, 0) is 9.53 Å². The minimum atomic E-state index is -0.143. The van der Waals surface area contributed by atoms with Crippen LogP contribution in [0.5, 0.6) is 5.75 Å². The van der Waals surface area contributed by atoms with Crippen molar-refractivity contribution >= 4 is 40.8 Å². The second-order valence-electron chi connectivity index (χ2n) is 5.52. The van der Waals surface area contributed by atoms with E-state index < -0.39 is 0 Å². The number of ether oxygens (including phenoxy) is 2. The van der Waals surface area contributed by atoms with Crippen molar-refractivity contribution in [2.75, 3.05) is 49.4 Å². The Kier molecular flexibility index (Phi) is 6.54. The van der Waals surface area contributed by atoms with Gasteiger partial charge in [-0.1, -0.05) is 23.4 Å². The van der Waals surface area contributed by atoms with Crippen LogP contribution >= 0.6 is 23.4 Å². The van der Waals surface area contributed by atoms with Crippen molar-refractivity contribution in [2.45, 2.75) is 5.03 Å². The summed E-state index contributed by atoms with van der Waals surface area (Å²) in [5.41, 5.74) is 0.621. The van der Waals surface area contributed by atoms with Crippen LogP contribution < -0.4 is 15.0 Å². The minimum absolute atomic E-state index is 0.143. The van der Waals surface area contributed by atoms with Crippen molar-refractivity contribution in [3.63, 3.8) is 0 Å². The van der Waals surface area contributed by atoms with Crippen molar-refractivity contribution in [1.29, 1.82) is 0 Å². The lowest BCUT2D eigenvalue weighted by atomic mass is 10.3. The number of carbonyl (C=O) groups excluding carboxylic acids is 1. The molecule has 26 heavy (non-hydrogen) atoms. The molecule has 1 aromatic carbocycles. The zero-order valence-corrected chi connectivity index (χ0v) is 15.8. The Hall–Kier alpha value is -2.03.